The molecule has 0 aliphatic heterocycles. The van der Waals surface area contributed by atoms with E-state index in [1.54, 1.807) is 13.2 Å². The van der Waals surface area contributed by atoms with Gasteiger partial charge in [0.25, 0.3) is 0 Å². The van der Waals surface area contributed by atoms with Crippen LogP contribution in [-0.4, -0.2) is 26.8 Å². The first-order chi connectivity index (χ1) is 8.71. The van der Waals surface area contributed by atoms with Crippen molar-refractivity contribution in [1.82, 2.24) is 5.32 Å². The van der Waals surface area contributed by atoms with E-state index in [0.29, 0.717) is 17.5 Å². The molecule has 18 heavy (non-hydrogen) atoms. The molecule has 0 spiro atoms. The average Bonchev–Trinajstić information content (AvgIpc) is 2.42. The molecule has 1 rings (SSSR count). The summed E-state index contributed by atoms with van der Waals surface area (Å²) in [6.45, 7) is 2.08. The topological polar surface area (TPSA) is 54.3 Å². The van der Waals surface area contributed by atoms with Crippen LogP contribution in [0.25, 0.3) is 6.08 Å². The fourth-order valence-electron chi connectivity index (χ4n) is 1.37. The van der Waals surface area contributed by atoms with Crippen molar-refractivity contribution in [2.45, 2.75) is 13.0 Å². The Balaban J connectivity index is 2.85. The van der Waals surface area contributed by atoms with Gasteiger partial charge in [0.15, 0.2) is 18.1 Å². The average molecular weight is 246 g/mol. The van der Waals surface area contributed by atoms with E-state index < -0.39 is 0 Å². The van der Waals surface area contributed by atoms with E-state index in [-0.39, 0.29) is 6.61 Å². The van der Waals surface area contributed by atoms with Gasteiger partial charge in [0.05, 0.1) is 7.11 Å². The molecule has 0 aliphatic carbocycles. The van der Waals surface area contributed by atoms with Gasteiger partial charge in [0, 0.05) is 6.04 Å². The lowest BCUT2D eigenvalue weighted by atomic mass is 10.1. The van der Waals surface area contributed by atoms with Crippen LogP contribution >= 0.6 is 0 Å². The maximum Gasteiger partial charge on any atom is 0.174 e. The molecular formula is C14H18N2O2. The zero-order valence-electron chi connectivity index (χ0n) is 10.9. The van der Waals surface area contributed by atoms with Gasteiger partial charge in [-0.15, -0.1) is 0 Å². The van der Waals surface area contributed by atoms with E-state index in [9.17, 15) is 0 Å². The Morgan fingerprint density at radius 1 is 1.44 bits per heavy atom. The molecule has 0 fully saturated rings. The molecule has 0 aliphatic rings. The van der Waals surface area contributed by atoms with E-state index in [2.05, 4.69) is 18.3 Å². The molecule has 1 unspecified atom stereocenters. The Morgan fingerprint density at radius 2 is 2.22 bits per heavy atom. The second-order valence-corrected chi connectivity index (χ2v) is 3.79. The quantitative estimate of drug-likeness (QED) is 0.836. The standard InChI is InChI=1S/C14H18N2O2/c1-11(16-2)4-5-12-6-7-13(18-9-8-15)14(10-12)17-3/h4-7,10-11,16H,9H2,1-3H3/b5-4+. The molecule has 1 N–H and O–H groups in total. The minimum atomic E-state index is 0.0162. The first kappa shape index (κ1) is 14.1. The lowest BCUT2D eigenvalue weighted by Crippen LogP contribution is -2.17. The van der Waals surface area contributed by atoms with Crippen molar-refractivity contribution in [3.05, 3.63) is 29.8 Å². The Bertz CT molecular complexity index is 450. The van der Waals surface area contributed by atoms with Crippen LogP contribution in [0.1, 0.15) is 12.5 Å². The maximum absolute atomic E-state index is 8.48. The molecule has 96 valence electrons. The molecule has 0 radical (unpaired) electrons. The van der Waals surface area contributed by atoms with Crippen LogP contribution in [-0.2, 0) is 0 Å². The smallest absolute Gasteiger partial charge is 0.174 e. The Hall–Kier alpha value is -1.99. The van der Waals surface area contributed by atoms with Gasteiger partial charge in [0.2, 0.25) is 0 Å². The summed E-state index contributed by atoms with van der Waals surface area (Å²) < 4.78 is 10.5. The third-order valence-electron chi connectivity index (χ3n) is 2.51. The summed E-state index contributed by atoms with van der Waals surface area (Å²) in [6.07, 6.45) is 4.07. The van der Waals surface area contributed by atoms with Crippen LogP contribution in [0, 0.1) is 11.3 Å². The van der Waals surface area contributed by atoms with E-state index in [1.165, 1.54) is 0 Å². The number of likely N-dealkylation sites (N-methyl/N-ethyl adjacent to an activating group) is 1. The number of rotatable bonds is 6. The van der Waals surface area contributed by atoms with Gasteiger partial charge in [-0.2, -0.15) is 5.26 Å². The zero-order chi connectivity index (χ0) is 13.4. The fourth-order valence-corrected chi connectivity index (χ4v) is 1.37. The lowest BCUT2D eigenvalue weighted by Gasteiger charge is -2.09. The molecule has 0 saturated heterocycles. The first-order valence-corrected chi connectivity index (χ1v) is 5.74. The summed E-state index contributed by atoms with van der Waals surface area (Å²) in [5.41, 5.74) is 1.03. The molecule has 1 aromatic carbocycles. The number of hydrogen-bond acceptors (Lipinski definition) is 4. The number of nitrogens with one attached hydrogen (secondary N) is 1. The van der Waals surface area contributed by atoms with E-state index in [0.717, 1.165) is 5.56 Å². The van der Waals surface area contributed by atoms with Crippen molar-refractivity contribution >= 4 is 6.08 Å². The van der Waals surface area contributed by atoms with Crippen molar-refractivity contribution in [2.75, 3.05) is 20.8 Å². The predicted octanol–water partition coefficient (Wildman–Crippen LogP) is 2.22. The Labute approximate surface area is 108 Å². The van der Waals surface area contributed by atoms with Crippen molar-refractivity contribution in [3.63, 3.8) is 0 Å². The zero-order valence-corrected chi connectivity index (χ0v) is 10.9. The second kappa shape index (κ2) is 7.36. The van der Waals surface area contributed by atoms with Crippen LogP contribution in [0.3, 0.4) is 0 Å². The van der Waals surface area contributed by atoms with Crippen molar-refractivity contribution in [2.24, 2.45) is 0 Å². The van der Waals surface area contributed by atoms with Gasteiger partial charge in [0.1, 0.15) is 6.07 Å². The van der Waals surface area contributed by atoms with Gasteiger partial charge in [-0.1, -0.05) is 18.2 Å². The third-order valence-corrected chi connectivity index (χ3v) is 2.51. The van der Waals surface area contributed by atoms with Gasteiger partial charge in [-0.25, -0.2) is 0 Å². The highest BCUT2D eigenvalue weighted by Gasteiger charge is 2.04. The number of nitriles is 1. The minimum Gasteiger partial charge on any atom is -0.493 e. The molecule has 1 atom stereocenters. The molecule has 0 heterocycles. The van der Waals surface area contributed by atoms with Gasteiger partial charge >= 0.3 is 0 Å². The summed E-state index contributed by atoms with van der Waals surface area (Å²) in [4.78, 5) is 0. The number of hydrogen-bond donors (Lipinski definition) is 1. The van der Waals surface area contributed by atoms with Crippen LogP contribution < -0.4 is 14.8 Å². The van der Waals surface area contributed by atoms with Crippen molar-refractivity contribution < 1.29 is 9.47 Å². The molecule has 0 bridgehead atoms. The molecule has 0 aromatic heterocycles. The van der Waals surface area contributed by atoms with Crippen LogP contribution in [0.15, 0.2) is 24.3 Å². The highest BCUT2D eigenvalue weighted by atomic mass is 16.5. The van der Waals surface area contributed by atoms with E-state index >= 15 is 0 Å². The molecule has 1 aromatic rings. The summed E-state index contributed by atoms with van der Waals surface area (Å²) in [5, 5.41) is 11.6. The minimum absolute atomic E-state index is 0.0162. The molecule has 4 nitrogen and oxygen atoms in total. The summed E-state index contributed by atoms with van der Waals surface area (Å²) in [5.74, 6) is 1.21. The normalized spacial score (nSPS) is 12.1. The van der Waals surface area contributed by atoms with Crippen LogP contribution in [0.4, 0.5) is 0 Å². The van der Waals surface area contributed by atoms with E-state index in [1.807, 2.05) is 31.3 Å². The molecule has 4 heteroatoms. The largest absolute Gasteiger partial charge is 0.493 e. The number of methoxy groups -OCH3 is 1. The number of ether oxygens (including phenoxy) is 2. The van der Waals surface area contributed by atoms with Crippen molar-refractivity contribution in [3.8, 4) is 17.6 Å². The van der Waals surface area contributed by atoms with Crippen LogP contribution in [0.5, 0.6) is 11.5 Å². The highest BCUT2D eigenvalue weighted by molar-refractivity contribution is 5.56. The lowest BCUT2D eigenvalue weighted by molar-refractivity contribution is 0.329. The van der Waals surface area contributed by atoms with Crippen LogP contribution in [0.2, 0.25) is 0 Å². The van der Waals surface area contributed by atoms with Gasteiger partial charge in [-0.3, -0.25) is 0 Å². The molecular weight excluding hydrogens is 228 g/mol. The highest BCUT2D eigenvalue weighted by Crippen LogP contribution is 2.28. The summed E-state index contributed by atoms with van der Waals surface area (Å²) >= 11 is 0. The third kappa shape index (κ3) is 4.11. The van der Waals surface area contributed by atoms with Gasteiger partial charge in [-0.05, 0) is 31.7 Å². The molecule has 0 saturated carbocycles. The second-order valence-electron chi connectivity index (χ2n) is 3.79. The monoisotopic (exact) mass is 246 g/mol. The Kier molecular flexibility index (Phi) is 5.75. The predicted molar refractivity (Wildman–Crippen MR) is 71.7 cm³/mol. The first-order valence-electron chi connectivity index (χ1n) is 5.74. The number of benzene rings is 1. The summed E-state index contributed by atoms with van der Waals surface area (Å²) in [7, 11) is 3.49. The molecule has 0 amide bonds. The SMILES string of the molecule is CNC(C)/C=C/c1ccc(OCC#N)c(OC)c1. The van der Waals surface area contributed by atoms with Crippen molar-refractivity contribution in [1.29, 1.82) is 5.26 Å². The maximum atomic E-state index is 8.48. The van der Waals surface area contributed by atoms with Gasteiger partial charge < -0.3 is 14.8 Å². The summed E-state index contributed by atoms with van der Waals surface area (Å²) in [6, 6.07) is 7.85. The number of nitrogens with zero attached hydrogens (tertiary/aromatic N) is 1. The fraction of sp³-hybridized carbons (Fsp3) is 0.357. The van der Waals surface area contributed by atoms with E-state index in [4.69, 9.17) is 14.7 Å². The Morgan fingerprint density at radius 3 is 2.83 bits per heavy atom.